The van der Waals surface area contributed by atoms with E-state index in [0.29, 0.717) is 22.4 Å². The van der Waals surface area contributed by atoms with Gasteiger partial charge in [0.25, 0.3) is 11.8 Å². The van der Waals surface area contributed by atoms with Crippen molar-refractivity contribution in [1.82, 2.24) is 5.32 Å². The van der Waals surface area contributed by atoms with Crippen molar-refractivity contribution in [3.63, 3.8) is 0 Å². The topological polar surface area (TPSA) is 82.0 Å². The van der Waals surface area contributed by atoms with E-state index in [1.54, 1.807) is 42.5 Å². The maximum atomic E-state index is 13.3. The second-order valence-corrected chi connectivity index (χ2v) is 8.66. The minimum absolute atomic E-state index is 0.0837. The van der Waals surface area contributed by atoms with Crippen LogP contribution in [0.25, 0.3) is 10.8 Å². The van der Waals surface area contributed by atoms with Gasteiger partial charge in [0.1, 0.15) is 11.5 Å². The van der Waals surface area contributed by atoms with E-state index in [0.717, 1.165) is 21.2 Å². The highest BCUT2D eigenvalue weighted by atomic mass is 32.1. The number of phenolic OH excluding ortho intramolecular Hbond substituents is 1. The monoisotopic (exact) mass is 479 g/mol. The number of benzene rings is 4. The van der Waals surface area contributed by atoms with Gasteiger partial charge in [-0.25, -0.2) is 9.89 Å². The summed E-state index contributed by atoms with van der Waals surface area (Å²) in [7, 11) is 0. The molecule has 5 rings (SSSR count). The predicted molar refractivity (Wildman–Crippen MR) is 141 cm³/mol. The molecule has 0 bridgehead atoms. The molecule has 4 aromatic carbocycles. The van der Waals surface area contributed by atoms with Crippen molar-refractivity contribution in [2.45, 2.75) is 13.5 Å². The van der Waals surface area contributed by atoms with Gasteiger partial charge in [0.2, 0.25) is 0 Å². The number of anilines is 1. The van der Waals surface area contributed by atoms with Crippen LogP contribution in [-0.4, -0.2) is 27.7 Å². The smallest absolute Gasteiger partial charge is 0.284 e. The minimum Gasteiger partial charge on any atom is -0.508 e. The van der Waals surface area contributed by atoms with Gasteiger partial charge in [-0.1, -0.05) is 60.2 Å². The van der Waals surface area contributed by atoms with E-state index in [4.69, 9.17) is 12.2 Å². The highest BCUT2D eigenvalue weighted by Crippen LogP contribution is 2.31. The number of aromatic hydroxyl groups is 1. The predicted octanol–water partition coefficient (Wildman–Crippen LogP) is 4.90. The Balaban J connectivity index is 1.40. The van der Waals surface area contributed by atoms with Gasteiger partial charge in [0, 0.05) is 23.2 Å². The summed E-state index contributed by atoms with van der Waals surface area (Å²) in [5, 5.41) is 15.4. The number of hydrogen-bond acceptors (Lipinski definition) is 4. The average Bonchev–Trinajstić information content (AvgIpc) is 3.13. The maximum absolute atomic E-state index is 13.3. The van der Waals surface area contributed by atoms with Crippen molar-refractivity contribution in [3.8, 4) is 5.75 Å². The Morgan fingerprint density at radius 3 is 2.37 bits per heavy atom. The first-order valence-corrected chi connectivity index (χ1v) is 11.5. The zero-order valence-corrected chi connectivity index (χ0v) is 19.7. The van der Waals surface area contributed by atoms with Crippen LogP contribution in [0.3, 0.4) is 0 Å². The Kier molecular flexibility index (Phi) is 5.84. The van der Waals surface area contributed by atoms with Crippen LogP contribution in [0.4, 0.5) is 5.69 Å². The summed E-state index contributed by atoms with van der Waals surface area (Å²) in [6.45, 7) is 2.16. The number of nitrogens with one attached hydrogen (secondary N) is 1. The maximum Gasteiger partial charge on any atom is 0.284 e. The number of aliphatic imine (C=N–C) groups is 1. The fourth-order valence-electron chi connectivity index (χ4n) is 4.06. The first-order valence-electron chi connectivity index (χ1n) is 11.0. The molecule has 0 aliphatic carbocycles. The molecule has 0 unspecified atom stereocenters. The van der Waals surface area contributed by atoms with Crippen LogP contribution in [-0.2, 0) is 11.3 Å². The molecule has 1 aliphatic heterocycles. The highest BCUT2D eigenvalue weighted by Gasteiger charge is 2.38. The van der Waals surface area contributed by atoms with Crippen molar-refractivity contribution < 1.29 is 14.7 Å². The van der Waals surface area contributed by atoms with Gasteiger partial charge in [-0.15, -0.1) is 0 Å². The molecule has 2 amide bonds. The number of aryl methyl sites for hydroxylation is 1. The molecule has 0 saturated carbocycles. The van der Waals surface area contributed by atoms with Crippen LogP contribution in [0.1, 0.15) is 27.0 Å². The second-order valence-electron chi connectivity index (χ2n) is 8.28. The second kappa shape index (κ2) is 9.12. The van der Waals surface area contributed by atoms with E-state index in [2.05, 4.69) is 10.3 Å². The standard InChI is InChI=1S/C28H21N3O3S/c1-17-10-12-18(13-11-17)26(33)31-23-9-5-4-8-22(23)25(27(31)34)30-28(35)29-16-21-14-19-6-2-3-7-20(19)15-24(21)32/h2-15,32H,16H2,1H3,(H,29,35). The van der Waals surface area contributed by atoms with Crippen LogP contribution in [0.2, 0.25) is 0 Å². The summed E-state index contributed by atoms with van der Waals surface area (Å²) in [6.07, 6.45) is 0. The molecule has 7 heteroatoms. The van der Waals surface area contributed by atoms with Crippen molar-refractivity contribution >= 4 is 51.3 Å². The minimum atomic E-state index is -0.533. The van der Waals surface area contributed by atoms with E-state index < -0.39 is 11.8 Å². The molecule has 0 aromatic heterocycles. The van der Waals surface area contributed by atoms with Gasteiger partial charge < -0.3 is 10.4 Å². The first-order chi connectivity index (χ1) is 16.9. The number of rotatable bonds is 3. The quantitative estimate of drug-likeness (QED) is 0.323. The van der Waals surface area contributed by atoms with Crippen LogP contribution < -0.4 is 10.2 Å². The molecule has 4 aromatic rings. The number of nitrogens with zero attached hydrogens (tertiary/aromatic N) is 2. The van der Waals surface area contributed by atoms with E-state index in [1.165, 1.54) is 0 Å². The lowest BCUT2D eigenvalue weighted by Gasteiger charge is -2.15. The lowest BCUT2D eigenvalue weighted by molar-refractivity contribution is -0.111. The Bertz CT molecular complexity index is 1530. The van der Waals surface area contributed by atoms with Gasteiger partial charge in [0.05, 0.1) is 5.69 Å². The molecule has 0 radical (unpaired) electrons. The molecule has 0 saturated heterocycles. The third kappa shape index (κ3) is 4.29. The zero-order chi connectivity index (χ0) is 24.5. The van der Waals surface area contributed by atoms with Crippen molar-refractivity contribution in [3.05, 3.63) is 107 Å². The number of thiocarbonyl (C=S) groups is 1. The van der Waals surface area contributed by atoms with Gasteiger partial charge in [0.15, 0.2) is 5.11 Å². The van der Waals surface area contributed by atoms with Gasteiger partial charge in [-0.3, -0.25) is 9.59 Å². The molecule has 0 fully saturated rings. The van der Waals surface area contributed by atoms with Crippen LogP contribution in [0.15, 0.2) is 89.9 Å². The van der Waals surface area contributed by atoms with E-state index in [-0.39, 0.29) is 23.1 Å². The summed E-state index contributed by atoms with van der Waals surface area (Å²) in [4.78, 5) is 32.0. The summed E-state index contributed by atoms with van der Waals surface area (Å²) >= 11 is 5.39. The molecule has 0 spiro atoms. The molecular weight excluding hydrogens is 458 g/mol. The normalized spacial score (nSPS) is 13.8. The molecule has 0 atom stereocenters. The van der Waals surface area contributed by atoms with E-state index in [9.17, 15) is 14.7 Å². The SMILES string of the molecule is Cc1ccc(C(=O)N2C(=O)C(=NC(=S)NCc3cc4ccccc4cc3O)c3ccccc32)cc1. The Morgan fingerprint density at radius 2 is 1.63 bits per heavy atom. The summed E-state index contributed by atoms with van der Waals surface area (Å²) in [5.41, 5.74) is 3.19. The molecule has 6 nitrogen and oxygen atoms in total. The number of phenols is 1. The summed E-state index contributed by atoms with van der Waals surface area (Å²) in [6, 6.07) is 25.4. The fraction of sp³-hybridized carbons (Fsp3) is 0.0714. The van der Waals surface area contributed by atoms with Crippen LogP contribution in [0.5, 0.6) is 5.75 Å². The molecule has 1 heterocycles. The Hall–Kier alpha value is -4.36. The fourth-order valence-corrected chi connectivity index (χ4v) is 4.23. The number of fused-ring (bicyclic) bond motifs is 2. The molecule has 2 N–H and O–H groups in total. The third-order valence-electron chi connectivity index (χ3n) is 5.90. The number of imide groups is 1. The van der Waals surface area contributed by atoms with Crippen LogP contribution >= 0.6 is 12.2 Å². The average molecular weight is 480 g/mol. The van der Waals surface area contributed by atoms with Crippen molar-refractivity contribution in [1.29, 1.82) is 0 Å². The number of carbonyl (C=O) groups is 2. The van der Waals surface area contributed by atoms with E-state index >= 15 is 0 Å². The number of para-hydroxylation sites is 1. The number of carbonyl (C=O) groups excluding carboxylic acids is 2. The molecule has 35 heavy (non-hydrogen) atoms. The lowest BCUT2D eigenvalue weighted by atomic mass is 10.1. The Morgan fingerprint density at radius 1 is 0.971 bits per heavy atom. The summed E-state index contributed by atoms with van der Waals surface area (Å²) in [5.74, 6) is -0.814. The number of amides is 2. The molecule has 172 valence electrons. The van der Waals surface area contributed by atoms with Gasteiger partial charge >= 0.3 is 0 Å². The van der Waals surface area contributed by atoms with Crippen molar-refractivity contribution in [2.75, 3.05) is 4.90 Å². The lowest BCUT2D eigenvalue weighted by Crippen LogP contribution is -2.36. The first kappa shape index (κ1) is 22.4. The summed E-state index contributed by atoms with van der Waals surface area (Å²) < 4.78 is 0. The van der Waals surface area contributed by atoms with Gasteiger partial charge in [-0.2, -0.15) is 0 Å². The van der Waals surface area contributed by atoms with Crippen molar-refractivity contribution in [2.24, 2.45) is 4.99 Å². The molecule has 1 aliphatic rings. The third-order valence-corrected chi connectivity index (χ3v) is 6.13. The molecular formula is C28H21N3O3S. The van der Waals surface area contributed by atoms with Gasteiger partial charge in [-0.05, 0) is 60.2 Å². The Labute approximate surface area is 207 Å². The number of hydrogen-bond donors (Lipinski definition) is 2. The van der Waals surface area contributed by atoms with E-state index in [1.807, 2.05) is 49.4 Å². The largest absolute Gasteiger partial charge is 0.508 e. The van der Waals surface area contributed by atoms with Crippen LogP contribution in [0, 0.1) is 6.92 Å². The highest BCUT2D eigenvalue weighted by molar-refractivity contribution is 7.80. The zero-order valence-electron chi connectivity index (χ0n) is 18.9.